The van der Waals surface area contributed by atoms with Gasteiger partial charge in [-0.15, -0.1) is 0 Å². The highest BCUT2D eigenvalue weighted by Crippen LogP contribution is 2.50. The summed E-state index contributed by atoms with van der Waals surface area (Å²) in [5.74, 6) is 9.52. The van der Waals surface area contributed by atoms with Crippen LogP contribution >= 0.6 is 0 Å². The van der Waals surface area contributed by atoms with Gasteiger partial charge in [0, 0.05) is 134 Å². The minimum absolute atomic E-state index is 0.114. The van der Waals surface area contributed by atoms with Crippen molar-refractivity contribution >= 4 is 21.5 Å². The predicted octanol–water partition coefficient (Wildman–Crippen LogP) is 28.6. The van der Waals surface area contributed by atoms with Crippen molar-refractivity contribution in [2.45, 2.75) is 53.9 Å². The van der Waals surface area contributed by atoms with Gasteiger partial charge in [-0.3, -0.25) is 29.9 Å². The molecule has 1 aliphatic carbocycles. The van der Waals surface area contributed by atoms with Crippen molar-refractivity contribution in [2.75, 3.05) is 0 Å². The molecule has 25 rings (SSSR count). The quantitative estimate of drug-likeness (QED) is 0.0869. The van der Waals surface area contributed by atoms with Crippen LogP contribution < -0.4 is 0 Å². The van der Waals surface area contributed by atoms with Crippen LogP contribution in [0.15, 0.2) is 450 Å². The third-order valence-electron chi connectivity index (χ3n) is 25.4. The molecule has 11 aromatic heterocycles. The number of benzene rings is 13. The molecule has 24 aromatic rings. The lowest BCUT2D eigenvalue weighted by molar-refractivity contribution is 0.660. The van der Waals surface area contributed by atoms with E-state index in [9.17, 15) is 0 Å². The molecular formula is C127H95N21. The van der Waals surface area contributed by atoms with Crippen molar-refractivity contribution in [2.24, 2.45) is 0 Å². The van der Waals surface area contributed by atoms with E-state index in [0.29, 0.717) is 98.8 Å². The van der Waals surface area contributed by atoms with Crippen LogP contribution in [0, 0.1) is 34.6 Å². The summed E-state index contributed by atoms with van der Waals surface area (Å²) in [4.78, 5) is 96.2. The van der Waals surface area contributed by atoms with Crippen molar-refractivity contribution in [3.63, 3.8) is 0 Å². The second kappa shape index (κ2) is 43.4. The molecule has 0 spiro atoms. The fourth-order valence-electron chi connectivity index (χ4n) is 17.6. The van der Waals surface area contributed by atoms with Gasteiger partial charge in [0.2, 0.25) is 0 Å². The minimum Gasteiger partial charge on any atom is -0.265 e. The van der Waals surface area contributed by atoms with Crippen LogP contribution in [0.5, 0.6) is 0 Å². The van der Waals surface area contributed by atoms with Crippen LogP contribution in [0.3, 0.4) is 0 Å². The molecule has 0 fully saturated rings. The molecule has 0 radical (unpaired) electrons. The lowest BCUT2D eigenvalue weighted by Crippen LogP contribution is -2.15. The largest absolute Gasteiger partial charge is 0.265 e. The Morgan fingerprint density at radius 3 is 0.845 bits per heavy atom. The average molecular weight is 1920 g/mol. The summed E-state index contributed by atoms with van der Waals surface area (Å²) in [5, 5.41) is 4.58. The molecular weight excluding hydrogens is 1820 g/mol. The first-order valence-corrected chi connectivity index (χ1v) is 48.6. The van der Waals surface area contributed by atoms with E-state index < -0.39 is 0 Å². The molecule has 0 atom stereocenters. The van der Waals surface area contributed by atoms with E-state index in [-0.39, 0.29) is 5.41 Å². The first-order chi connectivity index (χ1) is 72.6. The smallest absolute Gasteiger partial charge is 0.182 e. The van der Waals surface area contributed by atoms with Gasteiger partial charge >= 0.3 is 0 Å². The maximum absolute atomic E-state index is 5.14. The zero-order valence-corrected chi connectivity index (χ0v) is 82.1. The van der Waals surface area contributed by atoms with Gasteiger partial charge in [0.1, 0.15) is 17.2 Å². The molecule has 708 valence electrons. The number of nitrogens with zero attached hydrogens (tertiary/aromatic N) is 21. The normalized spacial score (nSPS) is 11.4. The Hall–Kier alpha value is -19.7. The summed E-state index contributed by atoms with van der Waals surface area (Å²) >= 11 is 0. The molecule has 0 saturated carbocycles. The second-order valence-electron chi connectivity index (χ2n) is 36.1. The number of fused-ring (bicyclic) bond motifs is 5. The lowest BCUT2D eigenvalue weighted by atomic mass is 9.81. The van der Waals surface area contributed by atoms with Gasteiger partial charge in [-0.25, -0.2) is 74.8 Å². The number of rotatable bonds is 16. The van der Waals surface area contributed by atoms with Gasteiger partial charge in [-0.05, 0) is 180 Å². The summed E-state index contributed by atoms with van der Waals surface area (Å²) in [5.41, 5.74) is 27.5. The van der Waals surface area contributed by atoms with Crippen LogP contribution in [0.1, 0.15) is 53.1 Å². The molecule has 21 heteroatoms. The molecule has 0 N–H and O–H groups in total. The van der Waals surface area contributed by atoms with Crippen molar-refractivity contribution in [1.29, 1.82) is 0 Å². The molecule has 21 nitrogen and oxygen atoms in total. The Labute approximate surface area is 857 Å². The molecule has 0 unspecified atom stereocenters. The summed E-state index contributed by atoms with van der Waals surface area (Å²) in [6, 6.07) is 131. The van der Waals surface area contributed by atoms with Gasteiger partial charge in [-0.1, -0.05) is 345 Å². The first kappa shape index (κ1) is 94.6. The Kier molecular flexibility index (Phi) is 27.7. The number of hydrogen-bond acceptors (Lipinski definition) is 21. The highest BCUT2D eigenvalue weighted by molar-refractivity contribution is 5.98. The summed E-state index contributed by atoms with van der Waals surface area (Å²) in [7, 11) is 0. The molecule has 0 saturated heterocycles. The molecule has 0 bridgehead atoms. The number of pyridine rings is 6. The van der Waals surface area contributed by atoms with E-state index in [1.165, 1.54) is 66.8 Å². The Morgan fingerprint density at radius 1 is 0.169 bits per heavy atom. The molecule has 148 heavy (non-hydrogen) atoms. The molecule has 0 amide bonds. The molecule has 11 heterocycles. The zero-order chi connectivity index (χ0) is 101. The summed E-state index contributed by atoms with van der Waals surface area (Å²) in [6.45, 7) is 14.9. The third-order valence-corrected chi connectivity index (χ3v) is 25.4. The van der Waals surface area contributed by atoms with Crippen molar-refractivity contribution < 1.29 is 0 Å². The maximum Gasteiger partial charge on any atom is 0.182 e. The lowest BCUT2D eigenvalue weighted by Gasteiger charge is -2.22. The van der Waals surface area contributed by atoms with E-state index in [1.807, 2.05) is 189 Å². The highest BCUT2D eigenvalue weighted by Gasteiger charge is 2.36. The summed E-state index contributed by atoms with van der Waals surface area (Å²) in [6.07, 6.45) is 17.3. The molecule has 1 aliphatic rings. The van der Waals surface area contributed by atoms with E-state index in [0.717, 1.165) is 88.3 Å². The van der Waals surface area contributed by atoms with E-state index in [2.05, 4.69) is 333 Å². The van der Waals surface area contributed by atoms with E-state index in [1.54, 1.807) is 62.0 Å². The Morgan fingerprint density at radius 2 is 0.453 bits per heavy atom. The monoisotopic (exact) mass is 1910 g/mol. The second-order valence-corrected chi connectivity index (χ2v) is 36.1. The van der Waals surface area contributed by atoms with Crippen LogP contribution in [-0.4, -0.2) is 105 Å². The van der Waals surface area contributed by atoms with Crippen LogP contribution in [0.2, 0.25) is 0 Å². The van der Waals surface area contributed by atoms with Gasteiger partial charge in [-0.2, -0.15) is 0 Å². The molecule has 0 aliphatic heterocycles. The van der Waals surface area contributed by atoms with E-state index >= 15 is 0 Å². The Balaban J connectivity index is 0.000000110. The maximum atomic E-state index is 5.14. The standard InChI is InChI=1S/C39H29N3.C28H21N3.3C20H15N5/c1-24-18-20-30-31-21-19-27(23-35(31)39(2,3)34(30)22-24)36-40-37(32-16-8-12-25-10-4-6-14-28(25)32)42-38(41-36)33-17-9-13-26-11-5-7-15-29(26)33;1-20-29-27(25-16-12-23(13-17-25)21-8-4-2-5-9-21)31-28(30-20)26-18-14-24(15-19-26)22-10-6-3-7-11-22;1-14-2-4-15(5-3-14)18-23-19(16-6-10-21-11-7-16)25-20(24-18)17-8-12-22-13-9-17;1-14-6-8-15(9-7-14)18-23-19(16-4-2-10-21-12-16)25-20(24-18)17-5-3-11-22-13-17;1-14-8-10-15(11-9-14)18-23-19(16-6-2-4-12-21-16)25-20(24-18)17-7-3-5-13-22-17/h4-23H,1-3H3;2-19H,1H3;3*2-13H,1H3. The van der Waals surface area contributed by atoms with Crippen LogP contribution in [0.4, 0.5) is 0 Å². The zero-order valence-electron chi connectivity index (χ0n) is 82.1. The van der Waals surface area contributed by atoms with Crippen LogP contribution in [-0.2, 0) is 5.41 Å². The van der Waals surface area contributed by atoms with E-state index in [4.69, 9.17) is 19.9 Å². The topological polar surface area (TPSA) is 271 Å². The number of aromatic nitrogens is 21. The summed E-state index contributed by atoms with van der Waals surface area (Å²) < 4.78 is 0. The third kappa shape index (κ3) is 21.7. The molecule has 13 aromatic carbocycles. The van der Waals surface area contributed by atoms with Gasteiger partial charge in [0.25, 0.3) is 0 Å². The fourth-order valence-corrected chi connectivity index (χ4v) is 17.6. The average Bonchev–Trinajstić information content (AvgIpc) is 1.57. The van der Waals surface area contributed by atoms with Crippen molar-refractivity contribution in [1.82, 2.24) is 105 Å². The number of hydrogen-bond donors (Lipinski definition) is 0. The van der Waals surface area contributed by atoms with Gasteiger partial charge in [0.05, 0.1) is 0 Å². The number of aryl methyl sites for hydroxylation is 5. The fraction of sp³-hybridized carbons (Fsp3) is 0.0630. The first-order valence-electron chi connectivity index (χ1n) is 48.6. The predicted molar refractivity (Wildman–Crippen MR) is 589 cm³/mol. The Bertz CT molecular complexity index is 8000. The van der Waals surface area contributed by atoms with Crippen LogP contribution in [0.25, 0.3) is 215 Å². The van der Waals surface area contributed by atoms with Crippen molar-refractivity contribution in [3.8, 4) is 193 Å². The van der Waals surface area contributed by atoms with Gasteiger partial charge < -0.3 is 0 Å². The van der Waals surface area contributed by atoms with Crippen molar-refractivity contribution in [3.05, 3.63) is 489 Å². The highest BCUT2D eigenvalue weighted by atomic mass is 15.1. The van der Waals surface area contributed by atoms with Gasteiger partial charge in [0.15, 0.2) is 81.5 Å². The minimum atomic E-state index is -0.114. The SMILES string of the molecule is Cc1ccc(-c2nc(-c3ccccn3)nc(-c3ccccn3)n2)cc1.Cc1ccc(-c2nc(-c3cccnc3)nc(-c3cccnc3)n2)cc1.Cc1ccc(-c2nc(-c3ccncc3)nc(-c3ccncc3)n2)cc1.Cc1ccc2c(c1)C(C)(C)c1cc(-c3nc(-c4cccc5ccccc45)nc(-c4cccc5ccccc45)n3)ccc1-2.Cc1nc(-c2ccc(-c3ccccc3)cc2)nc(-c2ccc(-c3ccccc3)cc2)n1.